The average molecular weight is 451 g/mol. The second-order valence-electron chi connectivity index (χ2n) is 8.01. The molecule has 2 aliphatic rings. The van der Waals surface area contributed by atoms with Gasteiger partial charge in [0.1, 0.15) is 10.6 Å². The number of allylic oxidation sites excluding steroid dienone is 4. The lowest BCUT2D eigenvalue weighted by Gasteiger charge is -2.35. The Hall–Kier alpha value is -2.92. The highest BCUT2D eigenvalue weighted by Crippen LogP contribution is 2.33. The SMILES string of the molecule is COc1ccccc1S(=O)(=O)N1Cc2ccccc2COCC1CC1C=C(C#N)C=CC1. The number of fused-ring (bicyclic) bond motifs is 1. The van der Waals surface area contributed by atoms with E-state index in [-0.39, 0.29) is 30.0 Å². The van der Waals surface area contributed by atoms with Gasteiger partial charge in [-0.1, -0.05) is 48.6 Å². The van der Waals surface area contributed by atoms with Crippen molar-refractivity contribution in [3.05, 3.63) is 83.5 Å². The maximum absolute atomic E-state index is 13.9. The van der Waals surface area contributed by atoms with E-state index in [0.29, 0.717) is 24.4 Å². The number of para-hydroxylation sites is 1. The van der Waals surface area contributed by atoms with Crippen LogP contribution in [0.3, 0.4) is 0 Å². The number of nitriles is 1. The Labute approximate surface area is 189 Å². The summed E-state index contributed by atoms with van der Waals surface area (Å²) in [5, 5.41) is 9.28. The minimum atomic E-state index is -3.88. The van der Waals surface area contributed by atoms with Crippen molar-refractivity contribution in [2.24, 2.45) is 5.92 Å². The van der Waals surface area contributed by atoms with Gasteiger partial charge in [0, 0.05) is 18.2 Å². The molecule has 2 atom stereocenters. The highest BCUT2D eigenvalue weighted by atomic mass is 32.2. The van der Waals surface area contributed by atoms with Crippen LogP contribution in [0, 0.1) is 17.2 Å². The van der Waals surface area contributed by atoms with Crippen molar-refractivity contribution < 1.29 is 17.9 Å². The molecule has 166 valence electrons. The summed E-state index contributed by atoms with van der Waals surface area (Å²) < 4.78 is 40.7. The summed E-state index contributed by atoms with van der Waals surface area (Å²) in [7, 11) is -2.41. The van der Waals surface area contributed by atoms with Crippen molar-refractivity contribution in [3.63, 3.8) is 0 Å². The molecular weight excluding hydrogens is 424 g/mol. The lowest BCUT2D eigenvalue weighted by molar-refractivity contribution is 0.0604. The van der Waals surface area contributed by atoms with Gasteiger partial charge in [-0.15, -0.1) is 0 Å². The molecule has 0 fully saturated rings. The smallest absolute Gasteiger partial charge is 0.247 e. The molecule has 0 spiro atoms. The fraction of sp³-hybridized carbons (Fsp3) is 0.320. The van der Waals surface area contributed by atoms with E-state index in [4.69, 9.17) is 9.47 Å². The highest BCUT2D eigenvalue weighted by molar-refractivity contribution is 7.89. The molecule has 7 heteroatoms. The Balaban J connectivity index is 1.75. The predicted molar refractivity (Wildman–Crippen MR) is 121 cm³/mol. The van der Waals surface area contributed by atoms with Crippen molar-refractivity contribution in [1.82, 2.24) is 4.31 Å². The normalized spacial score (nSPS) is 21.6. The first-order valence-electron chi connectivity index (χ1n) is 10.6. The van der Waals surface area contributed by atoms with E-state index in [1.54, 1.807) is 28.6 Å². The van der Waals surface area contributed by atoms with Crippen molar-refractivity contribution >= 4 is 10.0 Å². The zero-order valence-electron chi connectivity index (χ0n) is 18.0. The molecule has 2 unspecified atom stereocenters. The van der Waals surface area contributed by atoms with E-state index in [1.807, 2.05) is 42.5 Å². The monoisotopic (exact) mass is 450 g/mol. The summed E-state index contributed by atoms with van der Waals surface area (Å²) in [5.74, 6) is 0.378. The minimum absolute atomic E-state index is 0.0632. The fourth-order valence-corrected chi connectivity index (χ4v) is 6.06. The number of nitrogens with zero attached hydrogens (tertiary/aromatic N) is 2. The molecule has 4 rings (SSSR count). The van der Waals surface area contributed by atoms with Crippen LogP contribution in [-0.4, -0.2) is 32.5 Å². The first-order valence-corrected chi connectivity index (χ1v) is 12.0. The summed E-state index contributed by atoms with van der Waals surface area (Å²) in [6.45, 7) is 0.972. The van der Waals surface area contributed by atoms with Gasteiger partial charge in [-0.2, -0.15) is 9.57 Å². The molecule has 1 heterocycles. The Morgan fingerprint density at radius 3 is 2.69 bits per heavy atom. The summed E-state index contributed by atoms with van der Waals surface area (Å²) in [6, 6.07) is 16.3. The number of sulfonamides is 1. The molecule has 0 radical (unpaired) electrons. The van der Waals surface area contributed by atoms with E-state index in [1.165, 1.54) is 7.11 Å². The maximum atomic E-state index is 13.9. The molecule has 2 aromatic rings. The summed E-state index contributed by atoms with van der Waals surface area (Å²) in [6.07, 6.45) is 7.04. The zero-order chi connectivity index (χ0) is 22.6. The third-order valence-electron chi connectivity index (χ3n) is 5.93. The quantitative estimate of drug-likeness (QED) is 0.682. The second-order valence-corrected chi connectivity index (χ2v) is 9.87. The molecule has 6 nitrogen and oxygen atoms in total. The molecule has 32 heavy (non-hydrogen) atoms. The van der Waals surface area contributed by atoms with Gasteiger partial charge in [0.05, 0.1) is 26.4 Å². The van der Waals surface area contributed by atoms with E-state index in [2.05, 4.69) is 6.07 Å². The number of rotatable bonds is 5. The van der Waals surface area contributed by atoms with Gasteiger partial charge < -0.3 is 9.47 Å². The molecular formula is C25H26N2O4S. The van der Waals surface area contributed by atoms with Crippen LogP contribution >= 0.6 is 0 Å². The van der Waals surface area contributed by atoms with Gasteiger partial charge >= 0.3 is 0 Å². The number of hydrogen-bond donors (Lipinski definition) is 0. The third kappa shape index (κ3) is 4.63. The fourth-order valence-electron chi connectivity index (χ4n) is 4.30. The van der Waals surface area contributed by atoms with Crippen molar-refractivity contribution in [2.75, 3.05) is 13.7 Å². The van der Waals surface area contributed by atoms with Crippen LogP contribution in [0.1, 0.15) is 24.0 Å². The molecule has 0 bridgehead atoms. The lowest BCUT2D eigenvalue weighted by Crippen LogP contribution is -2.44. The van der Waals surface area contributed by atoms with Gasteiger partial charge in [0.25, 0.3) is 0 Å². The second kappa shape index (κ2) is 9.70. The van der Waals surface area contributed by atoms with Gasteiger partial charge in [-0.3, -0.25) is 0 Å². The van der Waals surface area contributed by atoms with Crippen LogP contribution < -0.4 is 4.74 Å². The van der Waals surface area contributed by atoms with E-state index < -0.39 is 10.0 Å². The first-order chi connectivity index (χ1) is 15.5. The molecule has 2 aromatic carbocycles. The Kier molecular flexibility index (Phi) is 6.75. The standard InChI is InChI=1S/C25H26N2O4S/c1-30-24-11-4-5-12-25(24)32(28,29)27-16-21-9-2-3-10-22(21)17-31-18-23(27)14-19-7-6-8-20(13-19)15-26/h2-6,8-13,19,23H,7,14,16-18H2,1H3. The van der Waals surface area contributed by atoms with Crippen molar-refractivity contribution in [1.29, 1.82) is 5.26 Å². The van der Waals surface area contributed by atoms with Crippen LogP contribution in [-0.2, 0) is 27.9 Å². The van der Waals surface area contributed by atoms with Gasteiger partial charge in [-0.25, -0.2) is 8.42 Å². The minimum Gasteiger partial charge on any atom is -0.495 e. The van der Waals surface area contributed by atoms with E-state index in [9.17, 15) is 13.7 Å². The lowest BCUT2D eigenvalue weighted by atomic mass is 9.90. The molecule has 1 aliphatic heterocycles. The Morgan fingerprint density at radius 1 is 1.16 bits per heavy atom. The molecule has 0 saturated carbocycles. The van der Waals surface area contributed by atoms with Crippen molar-refractivity contribution in [3.8, 4) is 11.8 Å². The summed E-state index contributed by atoms with van der Waals surface area (Å²) in [5.41, 5.74) is 2.52. The molecule has 0 amide bonds. The number of methoxy groups -OCH3 is 1. The Bertz CT molecular complexity index is 1180. The molecule has 0 saturated heterocycles. The number of hydrogen-bond acceptors (Lipinski definition) is 5. The zero-order valence-corrected chi connectivity index (χ0v) is 18.8. The number of benzene rings is 2. The van der Waals surface area contributed by atoms with Crippen LogP contribution in [0.15, 0.2) is 77.2 Å². The van der Waals surface area contributed by atoms with E-state index in [0.717, 1.165) is 17.5 Å². The average Bonchev–Trinajstić information content (AvgIpc) is 2.81. The van der Waals surface area contributed by atoms with Gasteiger partial charge in [0.2, 0.25) is 10.0 Å². The molecule has 0 aromatic heterocycles. The van der Waals surface area contributed by atoms with Crippen LogP contribution in [0.2, 0.25) is 0 Å². The highest BCUT2D eigenvalue weighted by Gasteiger charge is 2.36. The van der Waals surface area contributed by atoms with E-state index >= 15 is 0 Å². The molecule has 0 N–H and O–H groups in total. The van der Waals surface area contributed by atoms with Gasteiger partial charge in [0.15, 0.2) is 0 Å². The van der Waals surface area contributed by atoms with Gasteiger partial charge in [-0.05, 0) is 48.1 Å². The summed E-state index contributed by atoms with van der Waals surface area (Å²) in [4.78, 5) is 0.141. The van der Waals surface area contributed by atoms with Crippen LogP contribution in [0.25, 0.3) is 0 Å². The molecule has 1 aliphatic carbocycles. The summed E-state index contributed by atoms with van der Waals surface area (Å²) >= 11 is 0. The largest absolute Gasteiger partial charge is 0.495 e. The Morgan fingerprint density at radius 2 is 1.91 bits per heavy atom. The third-order valence-corrected chi connectivity index (χ3v) is 7.87. The predicted octanol–water partition coefficient (Wildman–Crippen LogP) is 4.20. The van der Waals surface area contributed by atoms with Crippen LogP contribution in [0.4, 0.5) is 0 Å². The topological polar surface area (TPSA) is 79.6 Å². The van der Waals surface area contributed by atoms with Crippen molar-refractivity contribution in [2.45, 2.75) is 36.9 Å². The maximum Gasteiger partial charge on any atom is 0.247 e. The number of ether oxygens (including phenoxy) is 2. The first kappa shape index (κ1) is 22.3. The van der Waals surface area contributed by atoms with Crippen LogP contribution in [0.5, 0.6) is 5.75 Å².